The largest absolute Gasteiger partial charge is 0.493 e. The zero-order valence-electron chi connectivity index (χ0n) is 19.7. The second kappa shape index (κ2) is 9.18. The summed E-state index contributed by atoms with van der Waals surface area (Å²) in [5.41, 5.74) is 13.2. The number of nitrogen functional groups attached to an aromatic ring is 2. The van der Waals surface area contributed by atoms with Crippen molar-refractivity contribution in [3.63, 3.8) is 0 Å². The van der Waals surface area contributed by atoms with E-state index in [9.17, 15) is 14.4 Å². The van der Waals surface area contributed by atoms with Crippen molar-refractivity contribution < 1.29 is 18.3 Å². The monoisotopic (exact) mass is 539 g/mol. The lowest BCUT2D eigenvalue weighted by molar-refractivity contribution is 0.0668. The normalized spacial score (nSPS) is 13.9. The summed E-state index contributed by atoms with van der Waals surface area (Å²) in [6.07, 6.45) is 1.86. The average Bonchev–Trinajstić information content (AvgIpc) is 3.23. The number of nitriles is 1. The van der Waals surface area contributed by atoms with Crippen molar-refractivity contribution in [3.05, 3.63) is 69.4 Å². The lowest BCUT2D eigenvalue weighted by Gasteiger charge is -2.35. The van der Waals surface area contributed by atoms with Gasteiger partial charge in [-0.25, -0.2) is 13.8 Å². The smallest absolute Gasteiger partial charge is 0.258 e. The molecule has 1 amide bonds. The number of hydrogen-bond acceptors (Lipinski definition) is 7. The third kappa shape index (κ3) is 3.65. The molecule has 0 saturated heterocycles. The zero-order chi connectivity index (χ0) is 26.6. The summed E-state index contributed by atoms with van der Waals surface area (Å²) in [6.45, 7) is 2.09. The molecular weight excluding hydrogens is 520 g/mol. The SMILES string of the molecule is COc1c(F)c(-c2ccc(F)c3sc(N)c(C#N)c23)c(Cl)c2c1C(=O)N([C@H](C)c1cccnc1N)CC2. The summed E-state index contributed by atoms with van der Waals surface area (Å²) in [5, 5.41) is 9.94. The molecule has 188 valence electrons. The second-order valence-corrected chi connectivity index (χ2v) is 9.97. The number of pyridine rings is 1. The summed E-state index contributed by atoms with van der Waals surface area (Å²) in [6, 6.07) is 7.57. The van der Waals surface area contributed by atoms with Crippen LogP contribution in [0.2, 0.25) is 5.02 Å². The number of hydrogen-bond donors (Lipinski definition) is 2. The number of anilines is 2. The number of thiophene rings is 1. The summed E-state index contributed by atoms with van der Waals surface area (Å²) in [4.78, 5) is 19.3. The molecule has 3 heterocycles. The maximum absolute atomic E-state index is 16.2. The molecule has 0 unspecified atom stereocenters. The number of amides is 1. The molecular formula is C26H20ClF2N5O2S. The number of carbonyl (C=O) groups is 1. The van der Waals surface area contributed by atoms with Crippen LogP contribution >= 0.6 is 22.9 Å². The lowest BCUT2D eigenvalue weighted by atomic mass is 9.89. The Kier molecular flexibility index (Phi) is 6.14. The molecule has 0 bridgehead atoms. The van der Waals surface area contributed by atoms with Crippen LogP contribution in [-0.2, 0) is 6.42 Å². The highest BCUT2D eigenvalue weighted by atomic mass is 35.5. The maximum Gasteiger partial charge on any atom is 0.258 e. The van der Waals surface area contributed by atoms with Gasteiger partial charge in [0.05, 0.1) is 34.0 Å². The maximum atomic E-state index is 16.2. The number of ether oxygens (including phenoxy) is 1. The number of nitrogens with two attached hydrogens (primary N) is 2. The molecule has 37 heavy (non-hydrogen) atoms. The third-order valence-corrected chi connectivity index (χ3v) is 8.15. The van der Waals surface area contributed by atoms with Crippen LogP contribution in [0.4, 0.5) is 19.6 Å². The number of fused-ring (bicyclic) bond motifs is 2. The fraction of sp³-hybridized carbons (Fsp3) is 0.192. The van der Waals surface area contributed by atoms with Crippen molar-refractivity contribution in [2.24, 2.45) is 0 Å². The molecule has 2 aromatic heterocycles. The van der Waals surface area contributed by atoms with Crippen LogP contribution < -0.4 is 16.2 Å². The quantitative estimate of drug-likeness (QED) is 0.343. The Hall–Kier alpha value is -3.94. The molecule has 4 N–H and O–H groups in total. The molecule has 1 aliphatic rings. The number of benzene rings is 2. The minimum absolute atomic E-state index is 0.00332. The molecule has 11 heteroatoms. The highest BCUT2D eigenvalue weighted by Gasteiger charge is 2.37. The number of aromatic nitrogens is 1. The first kappa shape index (κ1) is 24.7. The highest BCUT2D eigenvalue weighted by molar-refractivity contribution is 7.23. The van der Waals surface area contributed by atoms with Gasteiger partial charge in [0, 0.05) is 29.3 Å². The standard InChI is InChI=1S/C26H20ClF2N5O2S/c1-11(12-4-3-8-33-24(12)31)34-9-7-14-19(26(34)35)22(36-2)21(29)18(20(14)27)13-5-6-16(28)23-17(13)15(10-30)25(32)37-23/h3-6,8,11H,7,9,32H2,1-2H3,(H2,31,33)/t11-/m1/s1. The molecule has 1 aliphatic heterocycles. The minimum Gasteiger partial charge on any atom is -0.493 e. The van der Waals surface area contributed by atoms with E-state index in [4.69, 9.17) is 27.8 Å². The lowest BCUT2D eigenvalue weighted by Crippen LogP contribution is -2.40. The van der Waals surface area contributed by atoms with E-state index in [0.29, 0.717) is 23.4 Å². The van der Waals surface area contributed by atoms with E-state index in [2.05, 4.69) is 4.98 Å². The molecule has 2 aromatic carbocycles. The van der Waals surface area contributed by atoms with E-state index in [0.717, 1.165) is 11.3 Å². The Morgan fingerprint density at radius 2 is 2.03 bits per heavy atom. The van der Waals surface area contributed by atoms with Crippen LogP contribution in [0.3, 0.4) is 0 Å². The Labute approximate surface area is 219 Å². The Bertz CT molecular complexity index is 1630. The number of halogens is 3. The Morgan fingerprint density at radius 1 is 1.27 bits per heavy atom. The summed E-state index contributed by atoms with van der Waals surface area (Å²) in [7, 11) is 1.26. The molecule has 0 saturated carbocycles. The first-order chi connectivity index (χ1) is 17.7. The first-order valence-electron chi connectivity index (χ1n) is 11.2. The Balaban J connectivity index is 1.72. The van der Waals surface area contributed by atoms with Crippen molar-refractivity contribution in [3.8, 4) is 22.9 Å². The van der Waals surface area contributed by atoms with Crippen LogP contribution in [0.15, 0.2) is 30.5 Å². The van der Waals surface area contributed by atoms with Gasteiger partial charge < -0.3 is 21.1 Å². The summed E-state index contributed by atoms with van der Waals surface area (Å²) < 4.78 is 36.3. The van der Waals surface area contributed by atoms with Gasteiger partial charge in [-0.3, -0.25) is 4.79 Å². The summed E-state index contributed by atoms with van der Waals surface area (Å²) >= 11 is 7.67. The van der Waals surface area contributed by atoms with Crippen molar-refractivity contribution >= 4 is 49.7 Å². The van der Waals surface area contributed by atoms with Crippen LogP contribution in [0.25, 0.3) is 21.2 Å². The van der Waals surface area contributed by atoms with Gasteiger partial charge in [-0.05, 0) is 36.6 Å². The van der Waals surface area contributed by atoms with Crippen LogP contribution in [0, 0.1) is 23.0 Å². The highest BCUT2D eigenvalue weighted by Crippen LogP contribution is 2.48. The van der Waals surface area contributed by atoms with Gasteiger partial charge in [0.25, 0.3) is 5.91 Å². The van der Waals surface area contributed by atoms with Gasteiger partial charge in [-0.15, -0.1) is 11.3 Å². The number of rotatable bonds is 4. The topological polar surface area (TPSA) is 118 Å². The van der Waals surface area contributed by atoms with E-state index in [1.165, 1.54) is 19.2 Å². The first-order valence-corrected chi connectivity index (χ1v) is 12.4. The minimum atomic E-state index is -0.892. The van der Waals surface area contributed by atoms with Gasteiger partial charge in [0.1, 0.15) is 22.7 Å². The number of carbonyl (C=O) groups excluding carboxylic acids is 1. The zero-order valence-corrected chi connectivity index (χ0v) is 21.3. The van der Waals surface area contributed by atoms with Crippen LogP contribution in [0.1, 0.15) is 40.0 Å². The molecule has 5 rings (SSSR count). The van der Waals surface area contributed by atoms with Gasteiger partial charge in [-0.2, -0.15) is 5.26 Å². The van der Waals surface area contributed by atoms with Gasteiger partial charge in [0.2, 0.25) is 0 Å². The van der Waals surface area contributed by atoms with E-state index < -0.39 is 23.6 Å². The number of nitrogens with zero attached hydrogens (tertiary/aromatic N) is 3. The van der Waals surface area contributed by atoms with Crippen molar-refractivity contribution in [1.29, 1.82) is 5.26 Å². The van der Waals surface area contributed by atoms with Gasteiger partial charge in [-0.1, -0.05) is 23.7 Å². The molecule has 7 nitrogen and oxygen atoms in total. The number of methoxy groups -OCH3 is 1. The van der Waals surface area contributed by atoms with Gasteiger partial charge in [0.15, 0.2) is 11.6 Å². The van der Waals surface area contributed by atoms with Crippen LogP contribution in [0.5, 0.6) is 5.75 Å². The van der Waals surface area contributed by atoms with E-state index in [1.54, 1.807) is 23.2 Å². The predicted octanol–water partition coefficient (Wildman–Crippen LogP) is 5.70. The molecule has 1 atom stereocenters. The fourth-order valence-corrected chi connectivity index (χ4v) is 6.24. The van der Waals surface area contributed by atoms with E-state index >= 15 is 4.39 Å². The Morgan fingerprint density at radius 3 is 2.70 bits per heavy atom. The summed E-state index contributed by atoms with van der Waals surface area (Å²) in [5.74, 6) is -1.94. The molecule has 0 radical (unpaired) electrons. The van der Waals surface area contributed by atoms with Crippen LogP contribution in [-0.4, -0.2) is 29.4 Å². The molecule has 4 aromatic rings. The van der Waals surface area contributed by atoms with Crippen molar-refractivity contribution in [1.82, 2.24) is 9.88 Å². The third-order valence-electron chi connectivity index (χ3n) is 6.70. The fourth-order valence-electron chi connectivity index (χ4n) is 4.91. The van der Waals surface area contributed by atoms with E-state index in [1.807, 2.05) is 13.0 Å². The predicted molar refractivity (Wildman–Crippen MR) is 140 cm³/mol. The average molecular weight is 540 g/mol. The van der Waals surface area contributed by atoms with Crippen molar-refractivity contribution in [2.45, 2.75) is 19.4 Å². The molecule has 0 fully saturated rings. The molecule has 0 aliphatic carbocycles. The molecule has 0 spiro atoms. The second-order valence-electron chi connectivity index (χ2n) is 8.54. The van der Waals surface area contributed by atoms with E-state index in [-0.39, 0.29) is 54.7 Å². The van der Waals surface area contributed by atoms with Crippen molar-refractivity contribution in [2.75, 3.05) is 25.1 Å². The van der Waals surface area contributed by atoms with Gasteiger partial charge >= 0.3 is 0 Å².